The molecule has 2 aromatic carbocycles. The van der Waals surface area contributed by atoms with E-state index in [1.807, 2.05) is 18.2 Å². The van der Waals surface area contributed by atoms with Crippen molar-refractivity contribution in [2.45, 2.75) is 50.5 Å². The van der Waals surface area contributed by atoms with Crippen LogP contribution in [0.25, 0.3) is 0 Å². The van der Waals surface area contributed by atoms with Crippen LogP contribution in [0.5, 0.6) is 11.5 Å². The maximum absolute atomic E-state index is 14.0. The Hall–Kier alpha value is -4.59. The second kappa shape index (κ2) is 13.4. The van der Waals surface area contributed by atoms with Crippen LogP contribution in [0.15, 0.2) is 46.3 Å². The van der Waals surface area contributed by atoms with Crippen LogP contribution in [0.4, 0.5) is 24.7 Å². The van der Waals surface area contributed by atoms with Gasteiger partial charge < -0.3 is 31.3 Å². The predicted octanol–water partition coefficient (Wildman–Crippen LogP) is 3.76. The van der Waals surface area contributed by atoms with Gasteiger partial charge >= 0.3 is 5.69 Å². The van der Waals surface area contributed by atoms with Gasteiger partial charge in [0.2, 0.25) is 5.91 Å². The van der Waals surface area contributed by atoms with E-state index >= 15 is 0 Å². The Kier molecular flexibility index (Phi) is 9.15. The fourth-order valence-corrected chi connectivity index (χ4v) is 6.47. The molecule has 5 N–H and O–H groups in total. The minimum atomic E-state index is -1.28. The number of likely N-dealkylation sites (tertiary alicyclic amines) is 2. The average molecular weight is 639 g/mol. The number of piperidine rings is 2. The molecule has 244 valence electrons. The average Bonchev–Trinajstić information content (AvgIpc) is 3.04. The quantitative estimate of drug-likeness (QED) is 0.115. The summed E-state index contributed by atoms with van der Waals surface area (Å²) >= 11 is 0. The molecule has 3 aromatic rings. The molecule has 11 nitrogen and oxygen atoms in total. The van der Waals surface area contributed by atoms with Crippen molar-refractivity contribution in [3.8, 4) is 11.5 Å². The molecule has 0 aliphatic carbocycles. The Morgan fingerprint density at radius 1 is 0.978 bits per heavy atom. The molecule has 2 fully saturated rings. The number of carbonyl (C=O) groups excluding carboxylic acids is 1. The van der Waals surface area contributed by atoms with Crippen molar-refractivity contribution < 1.29 is 22.7 Å². The Morgan fingerprint density at radius 3 is 2.46 bits per heavy atom. The zero-order valence-electron chi connectivity index (χ0n) is 25.4. The number of nitrogens with two attached hydrogens (primary N) is 2. The van der Waals surface area contributed by atoms with Gasteiger partial charge in [0.05, 0.1) is 18.3 Å². The van der Waals surface area contributed by atoms with Crippen LogP contribution in [0.1, 0.15) is 55.2 Å². The first-order valence-corrected chi connectivity index (χ1v) is 15.6. The van der Waals surface area contributed by atoms with Gasteiger partial charge in [0.25, 0.3) is 0 Å². The molecule has 0 radical (unpaired) electrons. The minimum absolute atomic E-state index is 0.0280. The summed E-state index contributed by atoms with van der Waals surface area (Å²) in [6.45, 7) is 4.12. The lowest BCUT2D eigenvalue weighted by Crippen LogP contribution is -2.39. The first-order valence-electron chi connectivity index (χ1n) is 15.6. The Labute approximate surface area is 264 Å². The first-order chi connectivity index (χ1) is 22.1. The lowest BCUT2D eigenvalue weighted by atomic mass is 9.88. The number of nitrogens with one attached hydrogen (secondary N) is 1. The van der Waals surface area contributed by atoms with E-state index in [4.69, 9.17) is 16.2 Å². The van der Waals surface area contributed by atoms with Gasteiger partial charge in [-0.2, -0.15) is 4.98 Å². The Morgan fingerprint density at radius 2 is 1.72 bits per heavy atom. The number of nitrogens with zero attached hydrogens (tertiary/aromatic N) is 5. The Bertz CT molecular complexity index is 1690. The molecular formula is C32H37F3N8O3. The largest absolute Gasteiger partial charge is 0.450 e. The number of anilines is 2. The number of aromatic nitrogens is 2. The maximum atomic E-state index is 14.0. The summed E-state index contributed by atoms with van der Waals surface area (Å²) < 4.78 is 48.7. The van der Waals surface area contributed by atoms with Crippen LogP contribution >= 0.6 is 0 Å². The number of hydrogen-bond acceptors (Lipinski definition) is 7. The number of ether oxygens (including phenoxy) is 1. The normalized spacial score (nSPS) is 17.1. The molecule has 0 atom stereocenters. The van der Waals surface area contributed by atoms with Crippen molar-refractivity contribution in [1.82, 2.24) is 19.4 Å². The van der Waals surface area contributed by atoms with E-state index in [2.05, 4.69) is 20.2 Å². The van der Waals surface area contributed by atoms with Gasteiger partial charge in [-0.3, -0.25) is 14.4 Å². The lowest BCUT2D eigenvalue weighted by Gasteiger charge is -2.33. The molecule has 0 unspecified atom stereocenters. The fourth-order valence-electron chi connectivity index (χ4n) is 6.47. The van der Waals surface area contributed by atoms with Crippen molar-refractivity contribution in [2.24, 2.45) is 16.5 Å². The smallest absolute Gasteiger partial charge is 0.350 e. The van der Waals surface area contributed by atoms with Gasteiger partial charge in [0.1, 0.15) is 5.82 Å². The van der Waals surface area contributed by atoms with E-state index in [1.54, 1.807) is 15.7 Å². The van der Waals surface area contributed by atoms with E-state index < -0.39 is 17.5 Å². The minimum Gasteiger partial charge on any atom is -0.450 e. The fraction of sp³-hybridized carbons (Fsp3) is 0.438. The van der Waals surface area contributed by atoms with Crippen molar-refractivity contribution in [1.29, 1.82) is 0 Å². The van der Waals surface area contributed by atoms with Crippen LogP contribution in [0.3, 0.4) is 0 Å². The second-order valence-corrected chi connectivity index (χ2v) is 12.0. The highest BCUT2D eigenvalue weighted by atomic mass is 19.2. The summed E-state index contributed by atoms with van der Waals surface area (Å²) in [5.74, 6) is -1.98. The first kappa shape index (κ1) is 31.4. The van der Waals surface area contributed by atoms with Crippen LogP contribution < -0.4 is 27.2 Å². The van der Waals surface area contributed by atoms with Crippen LogP contribution in [-0.2, 0) is 11.2 Å². The summed E-state index contributed by atoms with van der Waals surface area (Å²) in [6, 6.07) is 7.10. The van der Waals surface area contributed by atoms with Crippen molar-refractivity contribution in [3.63, 3.8) is 0 Å². The van der Waals surface area contributed by atoms with Gasteiger partial charge in [-0.25, -0.2) is 18.0 Å². The highest BCUT2D eigenvalue weighted by molar-refractivity contribution is 5.79. The molecule has 3 aliphatic rings. The standard InChI is InChI=1S/C32H37F3N8O3/c33-23-17-25(35)24(34)14-21(23)16-29(44)42-12-4-19(5-13-42)20-2-3-27-26(15-20)39-30-28(46-27)18-43(32(45)40-30)22-6-10-41(11-7-22)9-1-8-38-31(36)37/h2-3,14-15,17-19,22H,1,4-13,16H2,(H4,36,37,38)(H,39,40,45). The zero-order chi connectivity index (χ0) is 32.4. The maximum Gasteiger partial charge on any atom is 0.350 e. The summed E-state index contributed by atoms with van der Waals surface area (Å²) in [7, 11) is 0. The van der Waals surface area contributed by atoms with Crippen molar-refractivity contribution in [3.05, 3.63) is 75.6 Å². The number of fused-ring (bicyclic) bond motifs is 2. The van der Waals surface area contributed by atoms with Crippen LogP contribution in [0, 0.1) is 17.5 Å². The van der Waals surface area contributed by atoms with E-state index in [-0.39, 0.29) is 41.5 Å². The number of hydrogen-bond donors (Lipinski definition) is 3. The van der Waals surface area contributed by atoms with Crippen LogP contribution in [0.2, 0.25) is 0 Å². The predicted molar refractivity (Wildman–Crippen MR) is 167 cm³/mol. The van der Waals surface area contributed by atoms with E-state index in [0.717, 1.165) is 50.5 Å². The topological polar surface area (TPSA) is 144 Å². The molecule has 0 saturated carbocycles. The van der Waals surface area contributed by atoms with Gasteiger partial charge in [-0.15, -0.1) is 0 Å². The van der Waals surface area contributed by atoms with Gasteiger partial charge in [-0.1, -0.05) is 6.07 Å². The van der Waals surface area contributed by atoms with Crippen LogP contribution in [-0.4, -0.2) is 70.5 Å². The summed E-state index contributed by atoms with van der Waals surface area (Å²) in [5.41, 5.74) is 12.0. The molecule has 1 amide bonds. The number of benzene rings is 2. The van der Waals surface area contributed by atoms with Gasteiger partial charge in [0, 0.05) is 50.4 Å². The zero-order valence-corrected chi connectivity index (χ0v) is 25.4. The summed E-state index contributed by atoms with van der Waals surface area (Å²) in [4.78, 5) is 38.1. The lowest BCUT2D eigenvalue weighted by molar-refractivity contribution is -0.131. The van der Waals surface area contributed by atoms with Crippen molar-refractivity contribution >= 4 is 23.4 Å². The van der Waals surface area contributed by atoms with Gasteiger partial charge in [-0.05, 0) is 68.3 Å². The molecule has 1 aromatic heterocycles. The number of guanidine groups is 1. The van der Waals surface area contributed by atoms with Crippen molar-refractivity contribution in [2.75, 3.05) is 44.6 Å². The molecule has 3 aliphatic heterocycles. The number of carbonyl (C=O) groups is 1. The van der Waals surface area contributed by atoms with E-state index in [0.29, 0.717) is 61.5 Å². The summed E-state index contributed by atoms with van der Waals surface area (Å²) in [6.07, 6.45) is 5.28. The Balaban J connectivity index is 1.04. The molecular weight excluding hydrogens is 601 g/mol. The third-order valence-electron chi connectivity index (χ3n) is 9.02. The third kappa shape index (κ3) is 6.96. The summed E-state index contributed by atoms with van der Waals surface area (Å²) in [5, 5.41) is 3.26. The second-order valence-electron chi connectivity index (χ2n) is 12.0. The molecule has 0 spiro atoms. The molecule has 6 rings (SSSR count). The molecule has 0 bridgehead atoms. The highest BCUT2D eigenvalue weighted by Crippen LogP contribution is 2.43. The number of aliphatic imine (C=N–C) groups is 1. The molecule has 4 heterocycles. The SMILES string of the molecule is NC(N)=NCCCN1CCC(n2cc3c(nc2=O)Nc2cc(C4CCN(C(=O)Cc5cc(F)c(F)cc5F)CC4)ccc2O3)CC1. The molecule has 14 heteroatoms. The number of amides is 1. The number of rotatable bonds is 8. The number of halogens is 3. The molecule has 46 heavy (non-hydrogen) atoms. The van der Waals surface area contributed by atoms with E-state index in [9.17, 15) is 22.8 Å². The monoisotopic (exact) mass is 638 g/mol. The molecule has 2 saturated heterocycles. The highest BCUT2D eigenvalue weighted by Gasteiger charge is 2.28. The van der Waals surface area contributed by atoms with Gasteiger partial charge in [0.15, 0.2) is 34.9 Å². The third-order valence-corrected chi connectivity index (χ3v) is 9.02. The van der Waals surface area contributed by atoms with E-state index in [1.165, 1.54) is 0 Å².